The maximum absolute atomic E-state index is 13.2. The van der Waals surface area contributed by atoms with Crippen molar-refractivity contribution in [3.8, 4) is 5.75 Å². The molecular formula is C36H57N9O13. The number of carbonyl (C=O) groups excluding carboxylic acids is 8. The second-order valence-electron chi connectivity index (χ2n) is 14.2. The lowest BCUT2D eigenvalue weighted by Gasteiger charge is -2.27. The van der Waals surface area contributed by atoms with Gasteiger partial charge in [-0.25, -0.2) is 4.79 Å². The van der Waals surface area contributed by atoms with Gasteiger partial charge in [-0.2, -0.15) is 0 Å². The van der Waals surface area contributed by atoms with Gasteiger partial charge in [0.25, 0.3) is 0 Å². The molecular weight excluding hydrogens is 766 g/mol. The Bertz CT molecular complexity index is 1620. The number of amides is 8. The van der Waals surface area contributed by atoms with Crippen LogP contribution in [-0.4, -0.2) is 135 Å². The molecule has 0 saturated carbocycles. The average Bonchev–Trinajstić information content (AvgIpc) is 3.14. The minimum atomic E-state index is -1.66. The predicted octanol–water partition coefficient (Wildman–Crippen LogP) is -4.66. The number of carbonyl (C=O) groups is 9. The molecule has 1 aromatic rings. The zero-order valence-corrected chi connectivity index (χ0v) is 33.2. The molecule has 0 aliphatic heterocycles. The van der Waals surface area contributed by atoms with Gasteiger partial charge in [0, 0.05) is 6.42 Å². The van der Waals surface area contributed by atoms with Gasteiger partial charge in [-0.05, 0) is 43.4 Å². The first-order chi connectivity index (χ1) is 27.0. The van der Waals surface area contributed by atoms with Crippen LogP contribution in [0.3, 0.4) is 0 Å². The Morgan fingerprint density at radius 3 is 1.64 bits per heavy atom. The Morgan fingerprint density at radius 1 is 0.638 bits per heavy atom. The number of aliphatic hydroxyl groups excluding tert-OH is 2. The summed E-state index contributed by atoms with van der Waals surface area (Å²) in [5.41, 5.74) is 11.6. The molecule has 58 heavy (non-hydrogen) atoms. The highest BCUT2D eigenvalue weighted by atomic mass is 16.4. The van der Waals surface area contributed by atoms with E-state index in [0.29, 0.717) is 12.0 Å². The molecule has 0 saturated heterocycles. The van der Waals surface area contributed by atoms with Crippen LogP contribution in [0.4, 0.5) is 0 Å². The topological polar surface area (TPSA) is 371 Å². The van der Waals surface area contributed by atoms with Gasteiger partial charge in [0.2, 0.25) is 47.3 Å². The van der Waals surface area contributed by atoms with E-state index in [1.807, 2.05) is 0 Å². The Labute approximate surface area is 335 Å². The summed E-state index contributed by atoms with van der Waals surface area (Å²) in [6.07, 6.45) is -3.30. The van der Waals surface area contributed by atoms with E-state index in [1.54, 1.807) is 27.7 Å². The summed E-state index contributed by atoms with van der Waals surface area (Å²) in [5.74, 6) is -10.00. The summed E-state index contributed by atoms with van der Waals surface area (Å²) in [6, 6.07) is -3.00. The molecule has 1 rings (SSSR count). The normalized spacial score (nSPS) is 15.7. The van der Waals surface area contributed by atoms with Crippen LogP contribution in [0.1, 0.15) is 59.9 Å². The molecule has 0 radical (unpaired) electrons. The fourth-order valence-corrected chi connectivity index (χ4v) is 5.11. The fourth-order valence-electron chi connectivity index (χ4n) is 5.11. The first-order valence-electron chi connectivity index (χ1n) is 18.4. The van der Waals surface area contributed by atoms with Crippen LogP contribution in [0.2, 0.25) is 0 Å². The number of nitrogens with one attached hydrogen (secondary N) is 7. The Morgan fingerprint density at radius 2 is 1.14 bits per heavy atom. The van der Waals surface area contributed by atoms with Crippen molar-refractivity contribution in [3.63, 3.8) is 0 Å². The number of rotatable bonds is 24. The second-order valence-corrected chi connectivity index (χ2v) is 14.2. The van der Waals surface area contributed by atoms with Crippen molar-refractivity contribution in [3.05, 3.63) is 29.8 Å². The zero-order valence-electron chi connectivity index (χ0n) is 33.2. The Hall–Kier alpha value is -5.87. The SMILES string of the molecule is CC[C@H](C)[C@H](N)C(=O)N[C@H](C(=O)N[C@H](C(=O)NCC(=O)NCC(=O)N[C@@H](CC(N)=O)C(=O)N[C@H](C(=O)N[C@@H](Cc1ccc(O)cc1)C(=O)O)C(C)C)[C@@H](C)O)[C@@H](C)O. The number of phenols is 1. The monoisotopic (exact) mass is 823 g/mol. The Balaban J connectivity index is 2.86. The molecule has 22 heteroatoms. The van der Waals surface area contributed by atoms with Crippen molar-refractivity contribution >= 4 is 53.2 Å². The summed E-state index contributed by atoms with van der Waals surface area (Å²) >= 11 is 0. The fraction of sp³-hybridized carbons (Fsp3) is 0.583. The van der Waals surface area contributed by atoms with Crippen molar-refractivity contribution in [1.82, 2.24) is 37.2 Å². The van der Waals surface area contributed by atoms with Crippen LogP contribution in [-0.2, 0) is 49.6 Å². The predicted molar refractivity (Wildman–Crippen MR) is 205 cm³/mol. The van der Waals surface area contributed by atoms with Crippen LogP contribution < -0.4 is 48.7 Å². The van der Waals surface area contributed by atoms with Crippen molar-refractivity contribution in [2.75, 3.05) is 13.1 Å². The smallest absolute Gasteiger partial charge is 0.326 e. The van der Waals surface area contributed by atoms with E-state index in [1.165, 1.54) is 31.2 Å². The van der Waals surface area contributed by atoms with Gasteiger partial charge in [0.15, 0.2) is 0 Å². The number of phenolic OH excluding ortho intramolecular Hbond substituents is 1. The lowest BCUT2D eigenvalue weighted by Crippen LogP contribution is -2.61. The van der Waals surface area contributed by atoms with Gasteiger partial charge in [0.1, 0.15) is 36.0 Å². The quantitative estimate of drug-likeness (QED) is 0.0467. The minimum absolute atomic E-state index is 0.0465. The largest absolute Gasteiger partial charge is 0.508 e. The molecule has 0 unspecified atom stereocenters. The van der Waals surface area contributed by atoms with Gasteiger partial charge in [-0.3, -0.25) is 38.4 Å². The molecule has 0 heterocycles. The maximum Gasteiger partial charge on any atom is 0.326 e. The molecule has 0 bridgehead atoms. The van der Waals surface area contributed by atoms with Crippen molar-refractivity contribution in [2.45, 2.75) is 109 Å². The Kier molecular flexibility index (Phi) is 20.8. The van der Waals surface area contributed by atoms with E-state index in [9.17, 15) is 63.6 Å². The van der Waals surface area contributed by atoms with E-state index in [2.05, 4.69) is 37.2 Å². The van der Waals surface area contributed by atoms with E-state index in [4.69, 9.17) is 11.5 Å². The van der Waals surface area contributed by atoms with Crippen LogP contribution in [0.15, 0.2) is 24.3 Å². The van der Waals surface area contributed by atoms with Gasteiger partial charge in [-0.15, -0.1) is 0 Å². The molecule has 324 valence electrons. The number of hydrogen-bond acceptors (Lipinski definition) is 13. The van der Waals surface area contributed by atoms with Crippen molar-refractivity contribution in [2.24, 2.45) is 23.3 Å². The number of carboxylic acids is 1. The minimum Gasteiger partial charge on any atom is -0.508 e. The van der Waals surface area contributed by atoms with Gasteiger partial charge < -0.3 is 69.1 Å². The highest BCUT2D eigenvalue weighted by Crippen LogP contribution is 2.13. The van der Waals surface area contributed by atoms with Gasteiger partial charge >= 0.3 is 5.97 Å². The average molecular weight is 824 g/mol. The number of aliphatic hydroxyl groups is 2. The number of primary amides is 1. The van der Waals surface area contributed by atoms with Gasteiger partial charge in [0.05, 0.1) is 37.8 Å². The molecule has 0 fully saturated rings. The third-order valence-corrected chi connectivity index (χ3v) is 8.85. The number of nitrogens with two attached hydrogens (primary N) is 2. The molecule has 8 amide bonds. The zero-order chi connectivity index (χ0) is 44.4. The summed E-state index contributed by atoms with van der Waals surface area (Å²) in [5, 5.41) is 55.3. The van der Waals surface area contributed by atoms with Crippen LogP contribution >= 0.6 is 0 Å². The van der Waals surface area contributed by atoms with Crippen LogP contribution in [0, 0.1) is 11.8 Å². The number of benzene rings is 1. The molecule has 0 aromatic heterocycles. The first kappa shape index (κ1) is 50.1. The number of aliphatic carboxylic acids is 1. The highest BCUT2D eigenvalue weighted by Gasteiger charge is 2.35. The number of carboxylic acid groups (broad SMARTS) is 1. The molecule has 0 spiro atoms. The first-order valence-corrected chi connectivity index (χ1v) is 18.4. The molecule has 15 N–H and O–H groups in total. The summed E-state index contributed by atoms with van der Waals surface area (Å²) in [7, 11) is 0. The van der Waals surface area contributed by atoms with Gasteiger partial charge in [-0.1, -0.05) is 46.2 Å². The summed E-state index contributed by atoms with van der Waals surface area (Å²) in [4.78, 5) is 114. The van der Waals surface area contributed by atoms with E-state index in [-0.39, 0.29) is 18.1 Å². The van der Waals surface area contributed by atoms with E-state index >= 15 is 0 Å². The number of aromatic hydroxyl groups is 1. The highest BCUT2D eigenvalue weighted by molar-refractivity contribution is 5.97. The lowest BCUT2D eigenvalue weighted by molar-refractivity contribution is -0.142. The van der Waals surface area contributed by atoms with Crippen molar-refractivity contribution in [1.29, 1.82) is 0 Å². The summed E-state index contributed by atoms with van der Waals surface area (Å²) < 4.78 is 0. The van der Waals surface area contributed by atoms with E-state index < -0.39 is 127 Å². The lowest BCUT2D eigenvalue weighted by atomic mass is 9.98. The third-order valence-electron chi connectivity index (χ3n) is 8.85. The van der Waals surface area contributed by atoms with Crippen molar-refractivity contribution < 1.29 is 63.6 Å². The molecule has 22 nitrogen and oxygen atoms in total. The van der Waals surface area contributed by atoms with E-state index in [0.717, 1.165) is 6.92 Å². The molecule has 0 aliphatic rings. The van der Waals surface area contributed by atoms with Crippen LogP contribution in [0.5, 0.6) is 5.75 Å². The number of hydrogen-bond donors (Lipinski definition) is 13. The second kappa shape index (κ2) is 24.0. The maximum atomic E-state index is 13.2. The summed E-state index contributed by atoms with van der Waals surface area (Å²) in [6.45, 7) is 7.43. The molecule has 0 aliphatic carbocycles. The van der Waals surface area contributed by atoms with Crippen LogP contribution in [0.25, 0.3) is 0 Å². The molecule has 9 atom stereocenters. The molecule has 1 aromatic carbocycles. The standard InChI is InChI=1S/C36H57N9O13/c1-7-17(4)27(38)32(53)44-30(19(6)47)35(56)45-29(18(5)46)33(54)40-14-25(50)39-15-26(51)41-22(13-24(37)49)31(52)43-28(16(2)3)34(55)42-23(36(57)58)12-20-8-10-21(48)11-9-20/h8-11,16-19,22-23,27-30,46-48H,7,12-15,38H2,1-6H3,(H2,37,49)(H,39,50)(H,40,54)(H,41,51)(H,42,55)(H,43,52)(H,44,53)(H,45,56)(H,57,58)/t17-,18+,19+,22-,23-,27-,28-,29-,30-/m0/s1. The third kappa shape index (κ3) is 17.1.